The second-order valence-electron chi connectivity index (χ2n) is 14.8. The van der Waals surface area contributed by atoms with Gasteiger partial charge in [-0.3, -0.25) is 77.6 Å². The molecular weight excluding hydrogens is 800 g/mol. The van der Waals surface area contributed by atoms with Crippen LogP contribution in [-0.2, 0) is 38.4 Å². The monoisotopic (exact) mass is 864 g/mol. The molecule has 0 aromatic heterocycles. The van der Waals surface area contributed by atoms with E-state index in [1.165, 1.54) is 0 Å². The van der Waals surface area contributed by atoms with Crippen molar-refractivity contribution in [2.75, 3.05) is 157 Å². The Morgan fingerprint density at radius 2 is 0.317 bits per heavy atom. The molecule has 24 nitrogen and oxygen atoms in total. The van der Waals surface area contributed by atoms with Crippen molar-refractivity contribution < 1.29 is 79.2 Å². The van der Waals surface area contributed by atoms with E-state index in [4.69, 9.17) is 40.9 Å². The van der Waals surface area contributed by atoms with Crippen molar-refractivity contribution in [3.63, 3.8) is 0 Å². The largest absolute Gasteiger partial charge is 0.480 e. The fraction of sp³-hybridized carbons (Fsp3) is 0.778. The molecule has 2 rings (SSSR count). The van der Waals surface area contributed by atoms with Crippen LogP contribution >= 0.6 is 0 Å². The molecule has 2 aliphatic heterocycles. The molecule has 2 aliphatic rings. The topological polar surface area (TPSA) is 324 Å². The maximum atomic E-state index is 11.1. The number of carboxylic acids is 8. The van der Waals surface area contributed by atoms with Crippen LogP contribution in [0.3, 0.4) is 0 Å². The van der Waals surface area contributed by atoms with Crippen LogP contribution in [0.1, 0.15) is 25.7 Å². The molecule has 0 saturated carbocycles. The predicted molar refractivity (Wildman–Crippen MR) is 211 cm³/mol. The minimum atomic E-state index is -0.979. The van der Waals surface area contributed by atoms with Gasteiger partial charge in [-0.05, 0) is 25.7 Å². The highest BCUT2D eigenvalue weighted by molar-refractivity contribution is 5.71. The summed E-state index contributed by atoms with van der Waals surface area (Å²) in [4.78, 5) is 103. The molecule has 0 unspecified atom stereocenters. The van der Waals surface area contributed by atoms with Crippen LogP contribution in [0.2, 0.25) is 0 Å². The zero-order valence-electron chi connectivity index (χ0n) is 34.2. The summed E-state index contributed by atoms with van der Waals surface area (Å²) >= 11 is 0. The van der Waals surface area contributed by atoms with E-state index in [1.807, 2.05) is 0 Å². The third kappa shape index (κ3) is 28.8. The van der Waals surface area contributed by atoms with E-state index in [9.17, 15) is 38.4 Å². The van der Waals surface area contributed by atoms with Crippen LogP contribution < -0.4 is 0 Å². The highest BCUT2D eigenvalue weighted by Gasteiger charge is 2.21. The van der Waals surface area contributed by atoms with Gasteiger partial charge in [0, 0.05) is 105 Å². The molecular formula is C36H64N8O16. The molecule has 0 radical (unpaired) electrons. The smallest absolute Gasteiger partial charge is 0.317 e. The Morgan fingerprint density at radius 3 is 0.400 bits per heavy atom. The number of carboxylic acid groups (broad SMARTS) is 8. The minimum absolute atomic E-state index is 0.174. The second-order valence-corrected chi connectivity index (χ2v) is 14.8. The molecule has 2 fully saturated rings. The first-order chi connectivity index (χ1) is 28.3. The van der Waals surface area contributed by atoms with Crippen LogP contribution in [0, 0.1) is 0 Å². The third-order valence-electron chi connectivity index (χ3n) is 9.60. The first kappa shape index (κ1) is 53.5. The van der Waals surface area contributed by atoms with Gasteiger partial charge in [-0.2, -0.15) is 0 Å². The molecule has 344 valence electrons. The van der Waals surface area contributed by atoms with Gasteiger partial charge in [0.25, 0.3) is 0 Å². The Balaban J connectivity index is 0.000000600. The number of hydrogen-bond donors (Lipinski definition) is 8. The molecule has 24 heteroatoms. The molecule has 60 heavy (non-hydrogen) atoms. The lowest BCUT2D eigenvalue weighted by Crippen LogP contribution is -2.44. The van der Waals surface area contributed by atoms with Gasteiger partial charge in [0.05, 0.1) is 52.4 Å². The Kier molecular flexibility index (Phi) is 27.1. The Morgan fingerprint density at radius 1 is 0.217 bits per heavy atom. The molecule has 0 atom stereocenters. The van der Waals surface area contributed by atoms with E-state index in [1.54, 1.807) is 39.2 Å². The normalized spacial score (nSPS) is 19.7. The van der Waals surface area contributed by atoms with E-state index < -0.39 is 47.8 Å². The van der Waals surface area contributed by atoms with E-state index in [-0.39, 0.29) is 52.4 Å². The second kappa shape index (κ2) is 30.5. The fourth-order valence-electron chi connectivity index (χ4n) is 6.89. The molecule has 2 heterocycles. The summed E-state index contributed by atoms with van der Waals surface area (Å²) in [5, 5.41) is 73.0. The average Bonchev–Trinajstić information content (AvgIpc) is 3.11. The SMILES string of the molecule is O=C(O)CN1CCCN(CC(=O)O)CCN(CC(=O)O)CCCN(CC(=O)O)CC1.O=C(O)CN1CCCN(CC(=O)O)CCN(CC(=O)O)CCCN(CC(=O)O)CC1. The summed E-state index contributed by atoms with van der Waals surface area (Å²) < 4.78 is 0. The highest BCUT2D eigenvalue weighted by Crippen LogP contribution is 2.05. The molecule has 0 aromatic carbocycles. The van der Waals surface area contributed by atoms with Crippen molar-refractivity contribution in [2.24, 2.45) is 0 Å². The fourth-order valence-corrected chi connectivity index (χ4v) is 6.89. The van der Waals surface area contributed by atoms with Crippen molar-refractivity contribution in [3.05, 3.63) is 0 Å². The zero-order chi connectivity index (χ0) is 45.0. The van der Waals surface area contributed by atoms with Crippen molar-refractivity contribution >= 4 is 47.8 Å². The summed E-state index contributed by atoms with van der Waals surface area (Å²) in [7, 11) is 0. The number of aliphatic carboxylic acids is 8. The lowest BCUT2D eigenvalue weighted by Gasteiger charge is -2.30. The van der Waals surface area contributed by atoms with Crippen LogP contribution in [0.4, 0.5) is 0 Å². The first-order valence-corrected chi connectivity index (χ1v) is 19.8. The van der Waals surface area contributed by atoms with Crippen molar-refractivity contribution in [2.45, 2.75) is 25.7 Å². The molecule has 0 bridgehead atoms. The quantitative estimate of drug-likeness (QED) is 0.0752. The summed E-state index contributed by atoms with van der Waals surface area (Å²) in [5.41, 5.74) is 0. The Hall–Kier alpha value is -4.56. The Bertz CT molecular complexity index is 1080. The maximum absolute atomic E-state index is 11.1. The number of hydrogen-bond acceptors (Lipinski definition) is 16. The van der Waals surface area contributed by atoms with Crippen molar-refractivity contribution in [3.8, 4) is 0 Å². The summed E-state index contributed by atoms with van der Waals surface area (Å²) in [6, 6.07) is 0. The standard InChI is InChI=1S/2C18H32N4O8/c2*23-15(24)11-19-3-1-4-20(12-16(25)26)8-10-22(14-18(29)30)6-2-5-21(9-7-19)13-17(27)28/h2*1-14H2,(H,23,24)(H,25,26)(H,27,28)(H,29,30). The van der Waals surface area contributed by atoms with Crippen LogP contribution in [0.5, 0.6) is 0 Å². The Labute approximate surface area is 348 Å². The van der Waals surface area contributed by atoms with Gasteiger partial charge >= 0.3 is 47.8 Å². The molecule has 8 N–H and O–H groups in total. The molecule has 2 saturated heterocycles. The molecule has 0 aliphatic carbocycles. The zero-order valence-corrected chi connectivity index (χ0v) is 34.2. The maximum Gasteiger partial charge on any atom is 0.317 e. The van der Waals surface area contributed by atoms with E-state index in [0.717, 1.165) is 0 Å². The highest BCUT2D eigenvalue weighted by atomic mass is 16.4. The number of carbonyl (C=O) groups is 8. The van der Waals surface area contributed by atoms with Gasteiger partial charge < -0.3 is 40.9 Å². The van der Waals surface area contributed by atoms with E-state index in [2.05, 4.69) is 0 Å². The summed E-state index contributed by atoms with van der Waals surface area (Å²) in [6.45, 7) is 5.05. The molecule has 0 spiro atoms. The molecule has 0 amide bonds. The van der Waals surface area contributed by atoms with Gasteiger partial charge in [-0.1, -0.05) is 0 Å². The van der Waals surface area contributed by atoms with E-state index in [0.29, 0.717) is 130 Å². The summed E-state index contributed by atoms with van der Waals surface area (Å²) in [5.74, 6) is -7.83. The van der Waals surface area contributed by atoms with Gasteiger partial charge in [0.1, 0.15) is 0 Å². The summed E-state index contributed by atoms with van der Waals surface area (Å²) in [6.07, 6.45) is 2.16. The van der Waals surface area contributed by atoms with Crippen LogP contribution in [0.15, 0.2) is 0 Å². The number of rotatable bonds is 16. The van der Waals surface area contributed by atoms with Crippen molar-refractivity contribution in [1.82, 2.24) is 39.2 Å². The van der Waals surface area contributed by atoms with Gasteiger partial charge in [-0.25, -0.2) is 0 Å². The average molecular weight is 865 g/mol. The van der Waals surface area contributed by atoms with Gasteiger partial charge in [-0.15, -0.1) is 0 Å². The first-order valence-electron chi connectivity index (χ1n) is 19.8. The third-order valence-corrected chi connectivity index (χ3v) is 9.60. The lowest BCUT2D eigenvalue weighted by atomic mass is 10.2. The van der Waals surface area contributed by atoms with Crippen molar-refractivity contribution in [1.29, 1.82) is 0 Å². The number of nitrogens with zero attached hydrogens (tertiary/aromatic N) is 8. The lowest BCUT2D eigenvalue weighted by molar-refractivity contribution is -0.140. The van der Waals surface area contributed by atoms with Crippen LogP contribution in [0.25, 0.3) is 0 Å². The van der Waals surface area contributed by atoms with Gasteiger partial charge in [0.2, 0.25) is 0 Å². The van der Waals surface area contributed by atoms with Crippen LogP contribution in [-0.4, -0.2) is 285 Å². The van der Waals surface area contributed by atoms with E-state index >= 15 is 0 Å². The minimum Gasteiger partial charge on any atom is -0.480 e. The van der Waals surface area contributed by atoms with Gasteiger partial charge in [0.15, 0.2) is 0 Å². The predicted octanol–water partition coefficient (Wildman–Crippen LogP) is -3.35. The molecule has 0 aromatic rings.